The molecule has 3 rings (SSSR count). The van der Waals surface area contributed by atoms with Crippen LogP contribution in [0.15, 0.2) is 0 Å². The van der Waals surface area contributed by atoms with Crippen LogP contribution in [0, 0.1) is 11.3 Å². The summed E-state index contributed by atoms with van der Waals surface area (Å²) in [5.41, 5.74) is 0.833. The van der Waals surface area contributed by atoms with E-state index >= 15 is 0 Å². The van der Waals surface area contributed by atoms with Gasteiger partial charge in [-0.2, -0.15) is 0 Å². The lowest BCUT2D eigenvalue weighted by Crippen LogP contribution is -2.57. The predicted molar refractivity (Wildman–Crippen MR) is 61.4 cm³/mol. The van der Waals surface area contributed by atoms with Crippen molar-refractivity contribution in [3.8, 4) is 0 Å². The minimum atomic E-state index is 0.833. The Morgan fingerprint density at radius 2 is 1.57 bits per heavy atom. The van der Waals surface area contributed by atoms with Gasteiger partial charge in [-0.1, -0.05) is 45.4 Å². The van der Waals surface area contributed by atoms with Crippen LogP contribution < -0.4 is 5.32 Å². The zero-order chi connectivity index (χ0) is 9.86. The number of hydrogen-bond donors (Lipinski definition) is 1. The summed E-state index contributed by atoms with van der Waals surface area (Å²) in [4.78, 5) is 0. The molecule has 0 aromatic heterocycles. The zero-order valence-electron chi connectivity index (χ0n) is 9.65. The Labute approximate surface area is 88.7 Å². The summed E-state index contributed by atoms with van der Waals surface area (Å²) >= 11 is 0. The van der Waals surface area contributed by atoms with Crippen molar-refractivity contribution in [1.82, 2.24) is 5.32 Å². The summed E-state index contributed by atoms with van der Waals surface area (Å²) in [6.07, 6.45) is 11.9. The van der Waals surface area contributed by atoms with Gasteiger partial charge in [-0.3, -0.25) is 0 Å². The lowest BCUT2D eigenvalue weighted by molar-refractivity contribution is 0.0603. The third kappa shape index (κ3) is 2.50. The van der Waals surface area contributed by atoms with E-state index in [0.717, 1.165) is 11.3 Å². The van der Waals surface area contributed by atoms with E-state index in [-0.39, 0.29) is 0 Å². The first-order valence-electron chi connectivity index (χ1n) is 6.52. The Kier molecular flexibility index (Phi) is 3.48. The monoisotopic (exact) mass is 195 g/mol. The molecule has 3 aliphatic rings. The van der Waals surface area contributed by atoms with Crippen molar-refractivity contribution in [1.29, 1.82) is 0 Å². The van der Waals surface area contributed by atoms with Crippen LogP contribution in [-0.2, 0) is 0 Å². The average Bonchev–Trinajstić information content (AvgIpc) is 2.00. The fraction of sp³-hybridized carbons (Fsp3) is 1.00. The Morgan fingerprint density at radius 3 is 1.71 bits per heavy atom. The lowest BCUT2D eigenvalue weighted by atomic mass is 9.65. The van der Waals surface area contributed by atoms with Crippen molar-refractivity contribution >= 4 is 0 Å². The first-order chi connectivity index (χ1) is 6.81. The van der Waals surface area contributed by atoms with Crippen molar-refractivity contribution in [2.24, 2.45) is 11.3 Å². The van der Waals surface area contributed by atoms with Crippen LogP contribution >= 0.6 is 0 Å². The van der Waals surface area contributed by atoms with Gasteiger partial charge in [0.1, 0.15) is 0 Å². The van der Waals surface area contributed by atoms with E-state index in [1.165, 1.54) is 64.5 Å². The molecule has 1 heterocycles. The molecule has 0 atom stereocenters. The van der Waals surface area contributed by atoms with Crippen molar-refractivity contribution < 1.29 is 0 Å². The topological polar surface area (TPSA) is 12.0 Å². The summed E-state index contributed by atoms with van der Waals surface area (Å²) in [6.45, 7) is 4.99. The Balaban J connectivity index is 0.000000107. The largest absolute Gasteiger partial charge is 0.316 e. The van der Waals surface area contributed by atoms with E-state index < -0.39 is 0 Å². The normalized spacial score (nSPS) is 29.8. The summed E-state index contributed by atoms with van der Waals surface area (Å²) in [5, 5.41) is 3.30. The second-order valence-corrected chi connectivity index (χ2v) is 5.70. The van der Waals surface area contributed by atoms with Crippen molar-refractivity contribution in [2.75, 3.05) is 13.1 Å². The van der Waals surface area contributed by atoms with Gasteiger partial charge >= 0.3 is 0 Å². The predicted octanol–water partition coefficient (Wildman–Crippen LogP) is 3.35. The third-order valence-electron chi connectivity index (χ3n) is 4.31. The molecule has 0 radical (unpaired) electrons. The van der Waals surface area contributed by atoms with Crippen LogP contribution in [0.25, 0.3) is 0 Å². The van der Waals surface area contributed by atoms with Gasteiger partial charge in [0.15, 0.2) is 0 Å². The van der Waals surface area contributed by atoms with Gasteiger partial charge in [-0.15, -0.1) is 0 Å². The number of rotatable bonds is 0. The van der Waals surface area contributed by atoms with Gasteiger partial charge in [-0.25, -0.2) is 0 Å². The lowest BCUT2D eigenvalue weighted by Gasteiger charge is -2.49. The van der Waals surface area contributed by atoms with Gasteiger partial charge < -0.3 is 5.32 Å². The maximum Gasteiger partial charge on any atom is 0.00202 e. The molecule has 2 saturated carbocycles. The minimum Gasteiger partial charge on any atom is -0.316 e. The van der Waals surface area contributed by atoms with Crippen LogP contribution in [-0.4, -0.2) is 13.1 Å². The van der Waals surface area contributed by atoms with Crippen LogP contribution in [0.4, 0.5) is 0 Å². The van der Waals surface area contributed by atoms with Crippen molar-refractivity contribution in [2.45, 2.75) is 58.3 Å². The third-order valence-corrected chi connectivity index (χ3v) is 4.31. The molecule has 1 saturated heterocycles. The fourth-order valence-corrected chi connectivity index (χ4v) is 2.82. The van der Waals surface area contributed by atoms with Crippen LogP contribution in [0.1, 0.15) is 58.3 Å². The van der Waals surface area contributed by atoms with Crippen LogP contribution in [0.3, 0.4) is 0 Å². The molecular weight excluding hydrogens is 170 g/mol. The quantitative estimate of drug-likeness (QED) is 0.625. The maximum absolute atomic E-state index is 3.30. The SMILES string of the molecule is C1CC2(C1)CNC2.CC1CCCCC1. The Bertz CT molecular complexity index is 147. The Hall–Kier alpha value is -0.0400. The molecular formula is C13H25N. The van der Waals surface area contributed by atoms with E-state index in [1.807, 2.05) is 0 Å². The van der Waals surface area contributed by atoms with E-state index in [1.54, 1.807) is 0 Å². The van der Waals surface area contributed by atoms with Crippen molar-refractivity contribution in [3.63, 3.8) is 0 Å². The standard InChI is InChI=1S/C7H14.C6H11N/c1-7-5-3-2-4-6-7;1-2-6(3-1)4-7-5-6/h7H,2-6H2,1H3;7H,1-5H2. The number of nitrogens with one attached hydrogen (secondary N) is 1. The molecule has 2 aliphatic carbocycles. The average molecular weight is 195 g/mol. The molecule has 0 bridgehead atoms. The van der Waals surface area contributed by atoms with Gasteiger partial charge in [-0.05, 0) is 24.2 Å². The second kappa shape index (κ2) is 4.65. The maximum atomic E-state index is 3.30. The fourth-order valence-electron chi connectivity index (χ4n) is 2.82. The van der Waals surface area contributed by atoms with E-state index in [2.05, 4.69) is 12.2 Å². The number of hydrogen-bond acceptors (Lipinski definition) is 1. The van der Waals surface area contributed by atoms with Gasteiger partial charge in [0.05, 0.1) is 0 Å². The minimum absolute atomic E-state index is 0.833. The summed E-state index contributed by atoms with van der Waals surface area (Å²) < 4.78 is 0. The highest BCUT2D eigenvalue weighted by molar-refractivity contribution is 4.97. The summed E-state index contributed by atoms with van der Waals surface area (Å²) in [5.74, 6) is 1.04. The van der Waals surface area contributed by atoms with E-state index in [0.29, 0.717) is 0 Å². The molecule has 1 nitrogen and oxygen atoms in total. The van der Waals surface area contributed by atoms with Gasteiger partial charge in [0.25, 0.3) is 0 Å². The van der Waals surface area contributed by atoms with E-state index in [4.69, 9.17) is 0 Å². The Morgan fingerprint density at radius 1 is 0.929 bits per heavy atom. The molecule has 1 aliphatic heterocycles. The van der Waals surface area contributed by atoms with Crippen LogP contribution in [0.5, 0.6) is 0 Å². The van der Waals surface area contributed by atoms with E-state index in [9.17, 15) is 0 Å². The molecule has 14 heavy (non-hydrogen) atoms. The molecule has 82 valence electrons. The summed E-state index contributed by atoms with van der Waals surface area (Å²) in [7, 11) is 0. The molecule has 0 aromatic carbocycles. The first kappa shape index (κ1) is 10.5. The smallest absolute Gasteiger partial charge is 0.00202 e. The molecule has 1 heteroatoms. The molecule has 1 N–H and O–H groups in total. The highest BCUT2D eigenvalue weighted by Crippen LogP contribution is 2.43. The first-order valence-corrected chi connectivity index (χ1v) is 6.52. The molecule has 1 spiro atoms. The molecule has 0 aromatic rings. The van der Waals surface area contributed by atoms with Crippen LogP contribution in [0.2, 0.25) is 0 Å². The van der Waals surface area contributed by atoms with Crippen molar-refractivity contribution in [3.05, 3.63) is 0 Å². The highest BCUT2D eigenvalue weighted by atomic mass is 15.0. The highest BCUT2D eigenvalue weighted by Gasteiger charge is 2.41. The zero-order valence-corrected chi connectivity index (χ0v) is 9.65. The molecule has 0 unspecified atom stereocenters. The summed E-state index contributed by atoms with van der Waals surface area (Å²) in [6, 6.07) is 0. The van der Waals surface area contributed by atoms with Gasteiger partial charge in [0.2, 0.25) is 0 Å². The molecule has 0 amide bonds. The second-order valence-electron chi connectivity index (χ2n) is 5.70. The molecule has 3 fully saturated rings. The van der Waals surface area contributed by atoms with Gasteiger partial charge in [0, 0.05) is 13.1 Å².